The van der Waals surface area contributed by atoms with Crippen LogP contribution in [0.1, 0.15) is 83.6 Å². The molecule has 10 heteroatoms. The number of carbonyl (C=O) groups is 3. The number of nitrogens with one attached hydrogen (secondary N) is 2. The van der Waals surface area contributed by atoms with Crippen molar-refractivity contribution in [2.24, 2.45) is 5.92 Å². The predicted octanol–water partition coefficient (Wildman–Crippen LogP) is 3.12. The number of amides is 3. The molecule has 0 radical (unpaired) electrons. The van der Waals surface area contributed by atoms with Crippen LogP contribution in [0.3, 0.4) is 0 Å². The molecule has 4 fully saturated rings. The molecule has 1 saturated carbocycles. The van der Waals surface area contributed by atoms with E-state index >= 15 is 0 Å². The van der Waals surface area contributed by atoms with Crippen LogP contribution in [-0.2, 0) is 4.79 Å². The zero-order valence-electron chi connectivity index (χ0n) is 25.5. The molecular formula is C34H45FN5O4+. The molecule has 3 saturated heterocycles. The van der Waals surface area contributed by atoms with Crippen LogP contribution in [0, 0.1) is 11.7 Å². The van der Waals surface area contributed by atoms with Crippen LogP contribution in [0.5, 0.6) is 5.75 Å². The van der Waals surface area contributed by atoms with Crippen LogP contribution >= 0.6 is 0 Å². The van der Waals surface area contributed by atoms with Gasteiger partial charge in [0.15, 0.2) is 6.10 Å². The Kier molecular flexibility index (Phi) is 9.76. The van der Waals surface area contributed by atoms with Crippen molar-refractivity contribution in [2.45, 2.75) is 63.4 Å². The molecule has 3 aliphatic heterocycles. The highest BCUT2D eigenvalue weighted by molar-refractivity contribution is 5.98. The second-order valence-electron chi connectivity index (χ2n) is 12.8. The summed E-state index contributed by atoms with van der Waals surface area (Å²) in [5.74, 6) is 0.140. The minimum absolute atomic E-state index is 0.0384. The lowest BCUT2D eigenvalue weighted by Gasteiger charge is -2.35. The zero-order valence-corrected chi connectivity index (χ0v) is 25.5. The van der Waals surface area contributed by atoms with Crippen molar-refractivity contribution in [1.29, 1.82) is 0 Å². The summed E-state index contributed by atoms with van der Waals surface area (Å²) in [6.45, 7) is 5.11. The first kappa shape index (κ1) is 30.5. The maximum Gasteiger partial charge on any atom is 0.254 e. The van der Waals surface area contributed by atoms with Gasteiger partial charge in [-0.15, -0.1) is 0 Å². The van der Waals surface area contributed by atoms with Crippen molar-refractivity contribution in [1.82, 2.24) is 15.1 Å². The first-order valence-corrected chi connectivity index (χ1v) is 16.5. The normalized spacial score (nSPS) is 21.7. The van der Waals surface area contributed by atoms with Crippen molar-refractivity contribution >= 4 is 23.4 Å². The number of benzene rings is 2. The van der Waals surface area contributed by atoms with Crippen LogP contribution in [0.4, 0.5) is 10.1 Å². The quantitative estimate of drug-likeness (QED) is 0.449. The second-order valence-corrected chi connectivity index (χ2v) is 12.8. The van der Waals surface area contributed by atoms with Gasteiger partial charge in [0.2, 0.25) is 5.91 Å². The molecule has 0 spiro atoms. The Balaban J connectivity index is 1.09. The minimum atomic E-state index is -0.572. The monoisotopic (exact) mass is 606 g/mol. The van der Waals surface area contributed by atoms with E-state index in [1.165, 1.54) is 31.4 Å². The zero-order chi connectivity index (χ0) is 30.5. The fraction of sp³-hybridized carbons (Fsp3) is 0.559. The summed E-state index contributed by atoms with van der Waals surface area (Å²) in [5, 5.41) is 8.32. The largest absolute Gasteiger partial charge is 0.484 e. The van der Waals surface area contributed by atoms with E-state index in [2.05, 4.69) is 22.0 Å². The molecule has 44 heavy (non-hydrogen) atoms. The Bertz CT molecular complexity index is 1340. The average Bonchev–Trinajstić information content (AvgIpc) is 3.58. The first-order valence-electron chi connectivity index (χ1n) is 16.5. The van der Waals surface area contributed by atoms with Gasteiger partial charge in [-0.05, 0) is 86.7 Å². The summed E-state index contributed by atoms with van der Waals surface area (Å²) in [6.07, 6.45) is 8.62. The second kappa shape index (κ2) is 14.1. The fourth-order valence-electron chi connectivity index (χ4n) is 7.12. The molecular weight excluding hydrogens is 561 g/mol. The van der Waals surface area contributed by atoms with Gasteiger partial charge >= 0.3 is 0 Å². The Morgan fingerprint density at radius 3 is 2.23 bits per heavy atom. The number of carbonyl (C=O) groups excluding carboxylic acids is 3. The molecule has 3 heterocycles. The highest BCUT2D eigenvalue weighted by Crippen LogP contribution is 2.39. The van der Waals surface area contributed by atoms with Gasteiger partial charge in [-0.3, -0.25) is 14.4 Å². The van der Waals surface area contributed by atoms with E-state index in [0.29, 0.717) is 37.7 Å². The molecule has 2 aromatic carbocycles. The molecule has 6 rings (SSSR count). The number of hydrogen-bond donors (Lipinski definition) is 3. The number of hydrogen-bond acceptors (Lipinski definition) is 5. The molecule has 1 atom stereocenters. The fourth-order valence-corrected chi connectivity index (χ4v) is 7.12. The lowest BCUT2D eigenvalue weighted by atomic mass is 9.83. The molecule has 0 bridgehead atoms. The molecule has 9 nitrogen and oxygen atoms in total. The number of halogens is 1. The van der Waals surface area contributed by atoms with Gasteiger partial charge in [0.25, 0.3) is 11.8 Å². The van der Waals surface area contributed by atoms with Crippen LogP contribution in [0.25, 0.3) is 0 Å². The highest BCUT2D eigenvalue weighted by Gasteiger charge is 2.29. The summed E-state index contributed by atoms with van der Waals surface area (Å²) in [7, 11) is 0. The predicted molar refractivity (Wildman–Crippen MR) is 165 cm³/mol. The maximum absolute atomic E-state index is 14.5. The third-order valence-corrected chi connectivity index (χ3v) is 9.69. The van der Waals surface area contributed by atoms with Gasteiger partial charge in [-0.1, -0.05) is 19.3 Å². The van der Waals surface area contributed by atoms with E-state index in [0.717, 1.165) is 69.6 Å². The standard InChI is InChI=1S/C34H44FN5O4/c35-27-18-26(19-28(21-27)38-32(41)24-8-11-36-12-9-24)34(43)40-16-14-39(15-17-40)33(42)25-6-7-31(44-29-10-13-37-22-29)30(20-25)23-4-2-1-3-5-23/h6-7,18-21,23-24,29,36-37H,1-5,8-17,22H2,(H,38,41)/p+1. The first-order chi connectivity index (χ1) is 21.4. The van der Waals surface area contributed by atoms with Gasteiger partial charge in [0.1, 0.15) is 18.1 Å². The van der Waals surface area contributed by atoms with Gasteiger partial charge < -0.3 is 30.5 Å². The number of ether oxygens (including phenoxy) is 1. The third kappa shape index (κ3) is 7.24. The van der Waals surface area contributed by atoms with Crippen LogP contribution in [0.2, 0.25) is 0 Å². The summed E-state index contributed by atoms with van der Waals surface area (Å²) >= 11 is 0. The molecule has 4 N–H and O–H groups in total. The Hall–Kier alpha value is -3.50. The lowest BCUT2D eigenvalue weighted by Crippen LogP contribution is -2.81. The SMILES string of the molecule is O=C(Nc1cc(F)cc(C(=O)N2CCN(C(=O)c3ccc(OC4CC[NH2+]C4)c(C4CCCCC4)c3)CC2)c1)C1CCNCC1. The minimum Gasteiger partial charge on any atom is -0.484 e. The van der Waals surface area contributed by atoms with Crippen molar-refractivity contribution < 1.29 is 28.8 Å². The summed E-state index contributed by atoms with van der Waals surface area (Å²) in [6, 6.07) is 9.92. The Labute approximate surface area is 258 Å². The number of nitrogens with zero attached hydrogens (tertiary/aromatic N) is 2. The van der Waals surface area contributed by atoms with Crippen molar-refractivity contribution in [3.8, 4) is 5.75 Å². The van der Waals surface area contributed by atoms with Gasteiger partial charge in [-0.25, -0.2) is 4.39 Å². The van der Waals surface area contributed by atoms with E-state index in [9.17, 15) is 18.8 Å². The number of quaternary nitrogens is 1. The molecule has 2 aromatic rings. The van der Waals surface area contributed by atoms with Crippen LogP contribution in [0.15, 0.2) is 36.4 Å². The smallest absolute Gasteiger partial charge is 0.254 e. The topological polar surface area (TPSA) is 108 Å². The average molecular weight is 607 g/mol. The number of piperazine rings is 1. The molecule has 3 amide bonds. The summed E-state index contributed by atoms with van der Waals surface area (Å²) < 4.78 is 21.0. The highest BCUT2D eigenvalue weighted by atomic mass is 19.1. The maximum atomic E-state index is 14.5. The summed E-state index contributed by atoms with van der Waals surface area (Å²) in [4.78, 5) is 43.1. The van der Waals surface area contributed by atoms with Gasteiger partial charge in [-0.2, -0.15) is 0 Å². The van der Waals surface area contributed by atoms with E-state index < -0.39 is 5.82 Å². The lowest BCUT2D eigenvalue weighted by molar-refractivity contribution is -0.638. The molecule has 4 aliphatic rings. The van der Waals surface area contributed by atoms with E-state index in [1.54, 1.807) is 15.9 Å². The Morgan fingerprint density at radius 2 is 1.55 bits per heavy atom. The van der Waals surface area contributed by atoms with Crippen molar-refractivity contribution in [3.05, 3.63) is 58.9 Å². The van der Waals surface area contributed by atoms with E-state index in [1.807, 2.05) is 12.1 Å². The molecule has 1 aliphatic carbocycles. The van der Waals surface area contributed by atoms with Crippen molar-refractivity contribution in [2.75, 3.05) is 57.7 Å². The van der Waals surface area contributed by atoms with Gasteiger partial charge in [0.05, 0.1) is 6.54 Å². The number of rotatable bonds is 7. The molecule has 0 aromatic heterocycles. The third-order valence-electron chi connectivity index (χ3n) is 9.69. The van der Waals surface area contributed by atoms with Crippen molar-refractivity contribution in [3.63, 3.8) is 0 Å². The molecule has 1 unspecified atom stereocenters. The van der Waals surface area contributed by atoms with E-state index in [-0.39, 0.29) is 41.0 Å². The number of piperidine rings is 1. The number of anilines is 1. The van der Waals surface area contributed by atoms with Gasteiger partial charge in [0, 0.05) is 55.3 Å². The van der Waals surface area contributed by atoms with Crippen LogP contribution in [-0.4, -0.2) is 86.0 Å². The van der Waals surface area contributed by atoms with Crippen LogP contribution < -0.4 is 20.7 Å². The molecule has 236 valence electrons. The van der Waals surface area contributed by atoms with E-state index in [4.69, 9.17) is 4.74 Å². The number of nitrogens with two attached hydrogens (primary N) is 1. The Morgan fingerprint density at radius 1 is 0.841 bits per heavy atom. The summed E-state index contributed by atoms with van der Waals surface area (Å²) in [5.41, 5.74) is 2.30.